The highest BCUT2D eigenvalue weighted by Gasteiger charge is 2.17. The second kappa shape index (κ2) is 4.68. The molecule has 0 aliphatic carbocycles. The van der Waals surface area contributed by atoms with E-state index in [9.17, 15) is 4.79 Å². The molecular weight excluding hydrogens is 198 g/mol. The Morgan fingerprint density at radius 2 is 2.64 bits per heavy atom. The Bertz CT molecular complexity index is 291. The van der Waals surface area contributed by atoms with E-state index in [0.717, 1.165) is 18.7 Å². The summed E-state index contributed by atoms with van der Waals surface area (Å²) < 4.78 is 5.29. The van der Waals surface area contributed by atoms with Crippen molar-refractivity contribution in [2.24, 2.45) is 0 Å². The van der Waals surface area contributed by atoms with E-state index >= 15 is 0 Å². The predicted octanol–water partition coefficient (Wildman–Crippen LogP) is 1.31. The summed E-state index contributed by atoms with van der Waals surface area (Å²) in [6, 6.07) is 2.06. The molecule has 1 unspecified atom stereocenters. The van der Waals surface area contributed by atoms with Gasteiger partial charge in [0, 0.05) is 30.0 Å². The number of rotatable bonds is 3. The minimum Gasteiger partial charge on any atom is -0.378 e. The van der Waals surface area contributed by atoms with Gasteiger partial charge >= 0.3 is 0 Å². The summed E-state index contributed by atoms with van der Waals surface area (Å²) in [7, 11) is 0. The lowest BCUT2D eigenvalue weighted by atomic mass is 10.1. The van der Waals surface area contributed by atoms with Crippen LogP contribution in [0.1, 0.15) is 16.8 Å². The van der Waals surface area contributed by atoms with Crippen LogP contribution in [-0.2, 0) is 4.74 Å². The van der Waals surface area contributed by atoms with Gasteiger partial charge in [0.1, 0.15) is 0 Å². The molecule has 1 atom stereocenters. The topological polar surface area (TPSA) is 38.3 Å². The van der Waals surface area contributed by atoms with E-state index in [-0.39, 0.29) is 11.8 Å². The van der Waals surface area contributed by atoms with Crippen molar-refractivity contribution in [3.8, 4) is 0 Å². The third kappa shape index (κ3) is 2.41. The quantitative estimate of drug-likeness (QED) is 0.766. The highest BCUT2D eigenvalue weighted by atomic mass is 32.1. The molecule has 3 nitrogen and oxygen atoms in total. The fourth-order valence-electron chi connectivity index (χ4n) is 1.52. The lowest BCUT2D eigenvalue weighted by molar-refractivity contribution is 0.0676. The predicted molar refractivity (Wildman–Crippen MR) is 55.9 cm³/mol. The SMILES string of the molecule is O=C(CC1COCCN1)c1ccsc1. The maximum absolute atomic E-state index is 11.7. The summed E-state index contributed by atoms with van der Waals surface area (Å²) in [5, 5.41) is 7.09. The van der Waals surface area contributed by atoms with Crippen molar-refractivity contribution in [1.29, 1.82) is 0 Å². The summed E-state index contributed by atoms with van der Waals surface area (Å²) in [4.78, 5) is 11.7. The number of hydrogen-bond acceptors (Lipinski definition) is 4. The second-order valence-electron chi connectivity index (χ2n) is 3.37. The Morgan fingerprint density at radius 1 is 1.71 bits per heavy atom. The molecule has 0 radical (unpaired) electrons. The molecule has 0 aromatic carbocycles. The zero-order valence-electron chi connectivity index (χ0n) is 7.86. The van der Waals surface area contributed by atoms with Crippen LogP contribution in [-0.4, -0.2) is 31.6 Å². The van der Waals surface area contributed by atoms with E-state index in [1.54, 1.807) is 11.3 Å². The molecule has 1 aromatic rings. The van der Waals surface area contributed by atoms with E-state index in [4.69, 9.17) is 4.74 Å². The van der Waals surface area contributed by atoms with Crippen molar-refractivity contribution in [2.45, 2.75) is 12.5 Å². The summed E-state index contributed by atoms with van der Waals surface area (Å²) in [6.07, 6.45) is 0.538. The summed E-state index contributed by atoms with van der Waals surface area (Å²) in [5.74, 6) is 0.203. The van der Waals surface area contributed by atoms with Crippen molar-refractivity contribution in [3.63, 3.8) is 0 Å². The van der Waals surface area contributed by atoms with Gasteiger partial charge in [-0.05, 0) is 11.4 Å². The molecule has 4 heteroatoms. The number of nitrogens with one attached hydrogen (secondary N) is 1. The number of morpholine rings is 1. The smallest absolute Gasteiger partial charge is 0.165 e. The molecule has 2 heterocycles. The Labute approximate surface area is 87.1 Å². The molecule has 2 rings (SSSR count). The number of hydrogen-bond donors (Lipinski definition) is 1. The van der Waals surface area contributed by atoms with Crippen LogP contribution in [0.4, 0.5) is 0 Å². The number of ketones is 1. The molecule has 14 heavy (non-hydrogen) atoms. The van der Waals surface area contributed by atoms with Crippen LogP contribution >= 0.6 is 11.3 Å². The number of thiophene rings is 1. The van der Waals surface area contributed by atoms with Crippen LogP contribution < -0.4 is 5.32 Å². The highest BCUT2D eigenvalue weighted by molar-refractivity contribution is 7.08. The first-order valence-corrected chi connectivity index (χ1v) is 5.67. The van der Waals surface area contributed by atoms with Crippen LogP contribution in [0.5, 0.6) is 0 Å². The minimum absolute atomic E-state index is 0.191. The van der Waals surface area contributed by atoms with Crippen LogP contribution in [0.15, 0.2) is 16.8 Å². The zero-order chi connectivity index (χ0) is 9.80. The van der Waals surface area contributed by atoms with Crippen LogP contribution in [0.3, 0.4) is 0 Å². The molecule has 1 N–H and O–H groups in total. The van der Waals surface area contributed by atoms with E-state index in [1.807, 2.05) is 16.8 Å². The first-order chi connectivity index (χ1) is 6.86. The van der Waals surface area contributed by atoms with Gasteiger partial charge in [-0.1, -0.05) is 0 Å². The third-order valence-corrected chi connectivity index (χ3v) is 2.96. The van der Waals surface area contributed by atoms with E-state index in [2.05, 4.69) is 5.32 Å². The van der Waals surface area contributed by atoms with Crippen molar-refractivity contribution in [3.05, 3.63) is 22.4 Å². The van der Waals surface area contributed by atoms with E-state index in [1.165, 1.54) is 0 Å². The second-order valence-corrected chi connectivity index (χ2v) is 4.15. The maximum atomic E-state index is 11.7. The lowest BCUT2D eigenvalue weighted by Gasteiger charge is -2.22. The van der Waals surface area contributed by atoms with Gasteiger partial charge in [-0.25, -0.2) is 0 Å². The maximum Gasteiger partial charge on any atom is 0.165 e. The molecular formula is C10H13NO2S. The van der Waals surface area contributed by atoms with Gasteiger partial charge in [0.15, 0.2) is 5.78 Å². The van der Waals surface area contributed by atoms with Crippen LogP contribution in [0.2, 0.25) is 0 Å². The normalized spacial score (nSPS) is 22.1. The molecule has 0 bridgehead atoms. The van der Waals surface area contributed by atoms with Crippen LogP contribution in [0.25, 0.3) is 0 Å². The number of Topliss-reactive ketones (excluding diaryl/α,β-unsaturated/α-hetero) is 1. The molecule has 1 fully saturated rings. The largest absolute Gasteiger partial charge is 0.378 e. The molecule has 0 spiro atoms. The van der Waals surface area contributed by atoms with Crippen molar-refractivity contribution >= 4 is 17.1 Å². The van der Waals surface area contributed by atoms with Gasteiger partial charge in [0.05, 0.1) is 13.2 Å². The zero-order valence-corrected chi connectivity index (χ0v) is 8.68. The molecule has 76 valence electrons. The van der Waals surface area contributed by atoms with Gasteiger partial charge in [-0.15, -0.1) is 0 Å². The van der Waals surface area contributed by atoms with Crippen molar-refractivity contribution in [2.75, 3.05) is 19.8 Å². The molecule has 1 aromatic heterocycles. The Kier molecular flexibility index (Phi) is 3.29. The minimum atomic E-state index is 0.191. The number of carbonyl (C=O) groups excluding carboxylic acids is 1. The summed E-state index contributed by atoms with van der Waals surface area (Å²) in [5.41, 5.74) is 0.822. The molecule has 1 aliphatic heterocycles. The first kappa shape index (κ1) is 9.83. The number of ether oxygens (including phenoxy) is 1. The van der Waals surface area contributed by atoms with Gasteiger partial charge in [-0.2, -0.15) is 11.3 Å². The average molecular weight is 211 g/mol. The monoisotopic (exact) mass is 211 g/mol. The van der Waals surface area contributed by atoms with Crippen molar-refractivity contribution in [1.82, 2.24) is 5.32 Å². The molecule has 1 aliphatic rings. The molecule has 1 saturated heterocycles. The summed E-state index contributed by atoms with van der Waals surface area (Å²) >= 11 is 1.56. The lowest BCUT2D eigenvalue weighted by Crippen LogP contribution is -2.42. The van der Waals surface area contributed by atoms with Gasteiger partial charge < -0.3 is 10.1 Å². The van der Waals surface area contributed by atoms with Gasteiger partial charge in [-0.3, -0.25) is 4.79 Å². The molecule has 0 amide bonds. The standard InChI is InChI=1S/C10H13NO2S/c12-10(8-1-4-14-7-8)5-9-6-13-3-2-11-9/h1,4,7,9,11H,2-3,5-6H2. The highest BCUT2D eigenvalue weighted by Crippen LogP contribution is 2.11. The fraction of sp³-hybridized carbons (Fsp3) is 0.500. The van der Waals surface area contributed by atoms with E-state index < -0.39 is 0 Å². The first-order valence-electron chi connectivity index (χ1n) is 4.73. The fourth-order valence-corrected chi connectivity index (χ4v) is 2.18. The Hall–Kier alpha value is -0.710. The number of carbonyl (C=O) groups is 1. The van der Waals surface area contributed by atoms with Crippen molar-refractivity contribution < 1.29 is 9.53 Å². The third-order valence-electron chi connectivity index (χ3n) is 2.27. The van der Waals surface area contributed by atoms with Crippen LogP contribution in [0, 0.1) is 0 Å². The van der Waals surface area contributed by atoms with Gasteiger partial charge in [0.2, 0.25) is 0 Å². The van der Waals surface area contributed by atoms with Gasteiger partial charge in [0.25, 0.3) is 0 Å². The Balaban J connectivity index is 1.87. The Morgan fingerprint density at radius 3 is 3.29 bits per heavy atom. The summed E-state index contributed by atoms with van der Waals surface area (Å²) in [6.45, 7) is 2.25. The molecule has 0 saturated carbocycles. The van der Waals surface area contributed by atoms with E-state index in [0.29, 0.717) is 13.0 Å². The average Bonchev–Trinajstić information content (AvgIpc) is 2.72.